The molecule has 0 bridgehead atoms. The van der Waals surface area contributed by atoms with Crippen molar-refractivity contribution in [3.63, 3.8) is 0 Å². The molecule has 5 nitrogen and oxygen atoms in total. The summed E-state index contributed by atoms with van der Waals surface area (Å²) in [6.45, 7) is 0.290. The maximum absolute atomic E-state index is 13.9. The monoisotopic (exact) mass is 434 g/mol. The van der Waals surface area contributed by atoms with E-state index in [-0.39, 0.29) is 23.4 Å². The van der Waals surface area contributed by atoms with Crippen molar-refractivity contribution in [3.05, 3.63) is 89.7 Å². The Balaban J connectivity index is 1.63. The molecule has 1 atom stereocenters. The number of amides is 2. The van der Waals surface area contributed by atoms with Gasteiger partial charge in [0.1, 0.15) is 11.6 Å². The first-order chi connectivity index (χ1) is 15.0. The zero-order chi connectivity index (χ0) is 21.6. The van der Waals surface area contributed by atoms with Gasteiger partial charge in [-0.1, -0.05) is 36.4 Å². The lowest BCUT2D eigenvalue weighted by Crippen LogP contribution is -2.49. The summed E-state index contributed by atoms with van der Waals surface area (Å²) in [5.74, 6) is 0.164. The molecular formula is C24H19FN2O3S. The van der Waals surface area contributed by atoms with Crippen LogP contribution in [-0.4, -0.2) is 24.7 Å². The van der Waals surface area contributed by atoms with Gasteiger partial charge in [0.15, 0.2) is 0 Å². The van der Waals surface area contributed by atoms with Crippen LogP contribution in [0.2, 0.25) is 0 Å². The largest absolute Gasteiger partial charge is 0.497 e. The van der Waals surface area contributed by atoms with Gasteiger partial charge in [-0.2, -0.15) is 0 Å². The van der Waals surface area contributed by atoms with E-state index in [0.29, 0.717) is 18.0 Å². The standard InChI is InChI=1S/C24H19FN2O3S/c1-30-19-6-4-5-18(13-19)27-22(28)15-31-24(27)20-7-2-3-8-21(20)26(23(24)29)14-16-9-11-17(25)12-10-16/h2-13H,14-15H2,1H3/t24-/m1/s1. The third-order valence-corrected chi connectivity index (χ3v) is 7.02. The zero-order valence-corrected chi connectivity index (χ0v) is 17.6. The molecule has 31 heavy (non-hydrogen) atoms. The molecule has 1 spiro atoms. The highest BCUT2D eigenvalue weighted by Crippen LogP contribution is 2.56. The average Bonchev–Trinajstić information content (AvgIpc) is 3.26. The number of hydrogen-bond donors (Lipinski definition) is 0. The Morgan fingerprint density at radius 3 is 2.58 bits per heavy atom. The minimum Gasteiger partial charge on any atom is -0.497 e. The van der Waals surface area contributed by atoms with Crippen LogP contribution >= 0.6 is 11.8 Å². The molecule has 2 aliphatic rings. The quantitative estimate of drug-likeness (QED) is 0.614. The second-order valence-corrected chi connectivity index (χ2v) is 8.57. The lowest BCUT2D eigenvalue weighted by atomic mass is 10.0. The average molecular weight is 434 g/mol. The van der Waals surface area contributed by atoms with Crippen molar-refractivity contribution in [2.75, 3.05) is 22.7 Å². The number of rotatable bonds is 4. The molecule has 0 aromatic heterocycles. The van der Waals surface area contributed by atoms with Gasteiger partial charge in [-0.15, -0.1) is 11.8 Å². The number of carbonyl (C=O) groups is 2. The molecule has 1 saturated heterocycles. The highest BCUT2D eigenvalue weighted by atomic mass is 32.2. The van der Waals surface area contributed by atoms with E-state index in [4.69, 9.17) is 4.74 Å². The van der Waals surface area contributed by atoms with Gasteiger partial charge in [0, 0.05) is 17.3 Å². The van der Waals surface area contributed by atoms with Crippen molar-refractivity contribution in [2.45, 2.75) is 11.4 Å². The van der Waals surface area contributed by atoms with Crippen molar-refractivity contribution >= 4 is 35.0 Å². The molecule has 156 valence electrons. The highest BCUT2D eigenvalue weighted by molar-refractivity contribution is 8.02. The van der Waals surface area contributed by atoms with Crippen LogP contribution in [0.25, 0.3) is 0 Å². The van der Waals surface area contributed by atoms with Gasteiger partial charge < -0.3 is 9.64 Å². The Bertz CT molecular complexity index is 1180. The fourth-order valence-corrected chi connectivity index (χ4v) is 5.59. The number of methoxy groups -OCH3 is 1. The van der Waals surface area contributed by atoms with Gasteiger partial charge in [-0.3, -0.25) is 14.5 Å². The lowest BCUT2D eigenvalue weighted by Gasteiger charge is -2.33. The van der Waals surface area contributed by atoms with E-state index in [2.05, 4.69) is 0 Å². The molecule has 3 aromatic carbocycles. The summed E-state index contributed by atoms with van der Waals surface area (Å²) in [6.07, 6.45) is 0. The number of thioether (sulfide) groups is 1. The van der Waals surface area contributed by atoms with Gasteiger partial charge in [0.05, 0.1) is 25.1 Å². The van der Waals surface area contributed by atoms with Gasteiger partial charge >= 0.3 is 0 Å². The van der Waals surface area contributed by atoms with Crippen LogP contribution in [-0.2, 0) is 21.0 Å². The van der Waals surface area contributed by atoms with Crippen molar-refractivity contribution < 1.29 is 18.7 Å². The fraction of sp³-hybridized carbons (Fsp3) is 0.167. The van der Waals surface area contributed by atoms with E-state index in [0.717, 1.165) is 16.8 Å². The number of halogens is 1. The van der Waals surface area contributed by atoms with E-state index in [9.17, 15) is 14.0 Å². The molecule has 2 aliphatic heterocycles. The Morgan fingerprint density at radius 1 is 1.03 bits per heavy atom. The van der Waals surface area contributed by atoms with E-state index < -0.39 is 4.87 Å². The van der Waals surface area contributed by atoms with E-state index >= 15 is 0 Å². The Morgan fingerprint density at radius 2 is 1.81 bits per heavy atom. The van der Waals surface area contributed by atoms with Crippen LogP contribution in [0.1, 0.15) is 11.1 Å². The van der Waals surface area contributed by atoms with Crippen molar-refractivity contribution in [1.29, 1.82) is 0 Å². The molecule has 5 rings (SSSR count). The predicted octanol–water partition coefficient (Wildman–Crippen LogP) is 4.31. The summed E-state index contributed by atoms with van der Waals surface area (Å²) >= 11 is 1.33. The third-order valence-electron chi connectivity index (χ3n) is 5.63. The maximum atomic E-state index is 13.9. The summed E-state index contributed by atoms with van der Waals surface area (Å²) in [4.78, 5) is 29.1. The van der Waals surface area contributed by atoms with Crippen LogP contribution in [0.4, 0.5) is 15.8 Å². The van der Waals surface area contributed by atoms with Crippen LogP contribution in [0, 0.1) is 5.82 Å². The first kappa shape index (κ1) is 19.6. The number of ether oxygens (including phenoxy) is 1. The Labute approximate surface area is 183 Å². The number of anilines is 2. The van der Waals surface area contributed by atoms with Crippen LogP contribution in [0.15, 0.2) is 72.8 Å². The van der Waals surface area contributed by atoms with Gasteiger partial charge in [0.2, 0.25) is 10.8 Å². The Kier molecular flexibility index (Phi) is 4.70. The van der Waals surface area contributed by atoms with E-state index in [1.54, 1.807) is 47.2 Å². The minimum atomic E-state index is -1.18. The number of carbonyl (C=O) groups excluding carboxylic acids is 2. The number of nitrogens with zero attached hydrogens (tertiary/aromatic N) is 2. The lowest BCUT2D eigenvalue weighted by molar-refractivity contribution is -0.123. The first-order valence-electron chi connectivity index (χ1n) is 9.81. The molecule has 1 fully saturated rings. The molecule has 2 heterocycles. The molecule has 0 N–H and O–H groups in total. The Hall–Kier alpha value is -3.32. The number of hydrogen-bond acceptors (Lipinski definition) is 4. The molecule has 0 saturated carbocycles. The second-order valence-electron chi connectivity index (χ2n) is 7.40. The van der Waals surface area contributed by atoms with E-state index in [1.165, 1.54) is 23.9 Å². The fourth-order valence-electron chi connectivity index (χ4n) is 4.23. The van der Waals surface area contributed by atoms with Crippen LogP contribution < -0.4 is 14.5 Å². The molecular weight excluding hydrogens is 415 g/mol. The smallest absolute Gasteiger partial charge is 0.269 e. The topological polar surface area (TPSA) is 49.9 Å². The number of fused-ring (bicyclic) bond motifs is 2. The number of para-hydroxylation sites is 1. The summed E-state index contributed by atoms with van der Waals surface area (Å²) in [6, 6.07) is 20.8. The SMILES string of the molecule is COc1cccc(N2C(=O)CS[C@]23C(=O)N(Cc2ccc(F)cc2)c2ccccc23)c1. The summed E-state index contributed by atoms with van der Waals surface area (Å²) < 4.78 is 18.7. The summed E-state index contributed by atoms with van der Waals surface area (Å²) in [5.41, 5.74) is 2.96. The zero-order valence-electron chi connectivity index (χ0n) is 16.7. The highest BCUT2D eigenvalue weighted by Gasteiger charge is 2.60. The molecule has 0 radical (unpaired) electrons. The van der Waals surface area contributed by atoms with Gasteiger partial charge in [-0.25, -0.2) is 4.39 Å². The molecule has 3 aromatic rings. The first-order valence-corrected chi connectivity index (χ1v) is 10.8. The molecule has 7 heteroatoms. The summed E-state index contributed by atoms with van der Waals surface area (Å²) in [5, 5.41) is 0. The molecule has 2 amide bonds. The van der Waals surface area contributed by atoms with Gasteiger partial charge in [0.25, 0.3) is 5.91 Å². The van der Waals surface area contributed by atoms with Crippen molar-refractivity contribution in [2.24, 2.45) is 0 Å². The molecule has 0 unspecified atom stereocenters. The van der Waals surface area contributed by atoms with Crippen LogP contribution in [0.5, 0.6) is 5.75 Å². The summed E-state index contributed by atoms with van der Waals surface area (Å²) in [7, 11) is 1.57. The third kappa shape index (κ3) is 2.99. The predicted molar refractivity (Wildman–Crippen MR) is 119 cm³/mol. The number of benzene rings is 3. The van der Waals surface area contributed by atoms with Gasteiger partial charge in [-0.05, 0) is 35.9 Å². The normalized spacial score (nSPS) is 19.9. The van der Waals surface area contributed by atoms with Crippen LogP contribution in [0.3, 0.4) is 0 Å². The van der Waals surface area contributed by atoms with Crippen molar-refractivity contribution in [1.82, 2.24) is 0 Å². The van der Waals surface area contributed by atoms with E-state index in [1.807, 2.05) is 30.3 Å². The maximum Gasteiger partial charge on any atom is 0.269 e. The minimum absolute atomic E-state index is 0.134. The molecule has 0 aliphatic carbocycles. The second kappa shape index (κ2) is 7.42. The van der Waals surface area contributed by atoms with Crippen molar-refractivity contribution in [3.8, 4) is 5.75 Å².